The number of hydrogen-bond acceptors (Lipinski definition) is 16. The normalized spacial score (nSPS) is 21.2. The summed E-state index contributed by atoms with van der Waals surface area (Å²) in [4.78, 5) is 122. The van der Waals surface area contributed by atoms with Crippen molar-refractivity contribution in [2.75, 3.05) is 52.7 Å². The molecule has 7 N–H and O–H groups in total. The van der Waals surface area contributed by atoms with Gasteiger partial charge in [-0.2, -0.15) is 0 Å². The minimum Gasteiger partial charge on any atom is -0.458 e. The van der Waals surface area contributed by atoms with Crippen LogP contribution in [0.2, 0.25) is 0 Å². The molecule has 6 heterocycles. The van der Waals surface area contributed by atoms with Crippen LogP contribution in [-0.2, 0) is 93.7 Å². The van der Waals surface area contributed by atoms with Gasteiger partial charge in [0.15, 0.2) is 11.9 Å². The number of ether oxygens (including phenoxy) is 4. The fourth-order valence-corrected chi connectivity index (χ4v) is 11.1. The predicted molar refractivity (Wildman–Crippen MR) is 282 cm³/mol. The van der Waals surface area contributed by atoms with Gasteiger partial charge in [-0.1, -0.05) is 63.3 Å². The number of aryl methyl sites for hydroxylation is 1. The molecular formula is C55H62FN9O14S. The van der Waals surface area contributed by atoms with Crippen molar-refractivity contribution in [2.24, 2.45) is 17.8 Å². The van der Waals surface area contributed by atoms with Gasteiger partial charge in [0.25, 0.3) is 0 Å². The molecule has 0 radical (unpaired) electrons. The number of esters is 1. The lowest BCUT2D eigenvalue weighted by molar-refractivity contribution is -0.208. The fourth-order valence-electron chi connectivity index (χ4n) is 10.8. The highest BCUT2D eigenvalue weighted by Crippen LogP contribution is 2.47. The number of aromatic nitrogens is 2. The third-order valence-electron chi connectivity index (χ3n) is 15.3. The predicted octanol–water partition coefficient (Wildman–Crippen LogP) is 1.19. The van der Waals surface area contributed by atoms with Crippen LogP contribution in [0.4, 0.5) is 4.39 Å². The average Bonchev–Trinajstić information content (AvgIpc) is 4.12. The number of halogens is 1. The number of nitrogens with zero attached hydrogens (tertiary/aromatic N) is 3. The first-order chi connectivity index (χ1) is 38.3. The molecule has 2 fully saturated rings. The van der Waals surface area contributed by atoms with Gasteiger partial charge in [0.2, 0.25) is 47.3 Å². The molecule has 1 unspecified atom stereocenters. The van der Waals surface area contributed by atoms with Gasteiger partial charge in [0, 0.05) is 46.9 Å². The highest BCUT2D eigenvalue weighted by molar-refractivity contribution is 7.71. The van der Waals surface area contributed by atoms with E-state index >= 15 is 4.39 Å². The summed E-state index contributed by atoms with van der Waals surface area (Å²) in [7, 11) is 0. The SMILES string of the molecule is CC[C@@]1(O)C(=O)OCc2c1cc1n(c2=S)Cc2c-1nc1cc(F)c(C)c3c1c2[C@H](NC(=O)COCNC(=O)CNC(=O)[C@H](Cc1ccccc1)NC(=O)CNC(=O)CNC(=O)C1COC(CN2C(=O)CC(C(C)C)C2=O)OC1)CC3. The summed E-state index contributed by atoms with van der Waals surface area (Å²) >= 11 is 5.91. The van der Waals surface area contributed by atoms with Gasteiger partial charge in [-0.15, -0.1) is 0 Å². The highest BCUT2D eigenvalue weighted by Gasteiger charge is 2.46. The second kappa shape index (κ2) is 24.0. The van der Waals surface area contributed by atoms with Crippen molar-refractivity contribution in [3.8, 4) is 11.4 Å². The van der Waals surface area contributed by atoms with Gasteiger partial charge < -0.3 is 60.5 Å². The molecule has 5 aliphatic rings. The van der Waals surface area contributed by atoms with E-state index in [1.165, 1.54) is 6.07 Å². The summed E-state index contributed by atoms with van der Waals surface area (Å²) < 4.78 is 39.7. The standard InChI is InChI=1S/C55H62FN9O14S/c1-5-55(75)35-15-40-49-33(20-64(40)53(80)34(35)24-79-54(55)74)48-37(12-11-31-28(4)36(56)16-38(63-49)47(31)48)61-44(69)25-76-26-60-42(67)18-59-51(72)39(13-29-9-7-6-8-10-29)62-43(68)19-57-41(66)17-58-50(71)30-22-77-46(78-23-30)21-65-45(70)14-32(27(2)3)52(65)73/h6-10,15-16,27,30,32,37,39,46,75H,5,11-14,17-26H2,1-4H3,(H,57,66)(H,58,71)(H,59,72)(H,60,67)(H,61,69)(H,62,68)/t30?,32?,37-,39+,46?,55+/m1/s1. The molecule has 9 rings (SSSR count). The van der Waals surface area contributed by atoms with E-state index in [-0.39, 0.29) is 69.9 Å². The summed E-state index contributed by atoms with van der Waals surface area (Å²) in [5.74, 6) is -6.90. The Morgan fingerprint density at radius 1 is 0.925 bits per heavy atom. The topological polar surface area (TPSA) is 304 Å². The van der Waals surface area contributed by atoms with Crippen LogP contribution in [0.5, 0.6) is 0 Å². The van der Waals surface area contributed by atoms with Crippen molar-refractivity contribution in [3.05, 3.63) is 91.9 Å². The molecule has 4 aliphatic heterocycles. The molecule has 8 amide bonds. The van der Waals surface area contributed by atoms with Crippen LogP contribution in [-0.4, -0.2) is 138 Å². The van der Waals surface area contributed by atoms with E-state index in [0.717, 1.165) is 21.6 Å². The smallest absolute Gasteiger partial charge is 0.343 e. The molecule has 2 saturated heterocycles. The number of fused-ring (bicyclic) bond motifs is 5. The minimum atomic E-state index is -1.92. The Morgan fingerprint density at radius 2 is 1.64 bits per heavy atom. The van der Waals surface area contributed by atoms with Gasteiger partial charge in [-0.3, -0.25) is 43.3 Å². The molecule has 23 nitrogen and oxygen atoms in total. The Labute approximate surface area is 463 Å². The van der Waals surface area contributed by atoms with Crippen molar-refractivity contribution in [1.29, 1.82) is 0 Å². The molecule has 0 spiro atoms. The summed E-state index contributed by atoms with van der Waals surface area (Å²) in [6.45, 7) is 4.53. The van der Waals surface area contributed by atoms with E-state index in [9.17, 15) is 48.3 Å². The quantitative estimate of drug-likeness (QED) is 0.0189. The molecular weight excluding hydrogens is 1060 g/mol. The van der Waals surface area contributed by atoms with Crippen LogP contribution in [0.3, 0.4) is 0 Å². The van der Waals surface area contributed by atoms with Gasteiger partial charge in [-0.25, -0.2) is 14.2 Å². The summed E-state index contributed by atoms with van der Waals surface area (Å²) in [5.41, 5.74) is 3.71. The average molecular weight is 1120 g/mol. The van der Waals surface area contributed by atoms with Crippen LogP contribution < -0.4 is 31.9 Å². The number of pyridine rings is 2. The number of rotatable bonds is 20. The molecule has 424 valence electrons. The fraction of sp³-hybridized carbons (Fsp3) is 0.473. The molecule has 2 aromatic heterocycles. The zero-order chi connectivity index (χ0) is 57.2. The van der Waals surface area contributed by atoms with E-state index < -0.39 is 116 Å². The number of hydrogen-bond donors (Lipinski definition) is 7. The van der Waals surface area contributed by atoms with Crippen molar-refractivity contribution in [1.82, 2.24) is 46.4 Å². The molecule has 4 aromatic rings. The molecule has 2 aromatic carbocycles. The molecule has 1 aliphatic carbocycles. The highest BCUT2D eigenvalue weighted by atomic mass is 32.1. The Balaban J connectivity index is 0.734. The van der Waals surface area contributed by atoms with Gasteiger partial charge in [0.05, 0.1) is 74.8 Å². The third-order valence-corrected chi connectivity index (χ3v) is 15.8. The Hall–Kier alpha value is -7.58. The van der Waals surface area contributed by atoms with Gasteiger partial charge >= 0.3 is 5.97 Å². The van der Waals surface area contributed by atoms with Crippen molar-refractivity contribution in [3.63, 3.8) is 0 Å². The first kappa shape index (κ1) is 57.1. The van der Waals surface area contributed by atoms with E-state index in [1.54, 1.807) is 50.2 Å². The zero-order valence-electron chi connectivity index (χ0n) is 44.5. The Morgan fingerprint density at radius 3 is 2.35 bits per heavy atom. The number of benzene rings is 2. The van der Waals surface area contributed by atoms with Gasteiger partial charge in [0.1, 0.15) is 36.4 Å². The Kier molecular flexibility index (Phi) is 17.2. The number of cyclic esters (lactones) is 1. The Bertz CT molecular complexity index is 3260. The second-order valence-corrected chi connectivity index (χ2v) is 21.2. The van der Waals surface area contributed by atoms with E-state index in [1.807, 2.05) is 18.4 Å². The maximum Gasteiger partial charge on any atom is 0.343 e. The van der Waals surface area contributed by atoms with E-state index in [0.29, 0.717) is 62.0 Å². The lowest BCUT2D eigenvalue weighted by atomic mass is 9.81. The summed E-state index contributed by atoms with van der Waals surface area (Å²) in [6.07, 6.45) is 0.129. The first-order valence-electron chi connectivity index (χ1n) is 26.4. The van der Waals surface area contributed by atoms with E-state index in [4.69, 9.17) is 36.1 Å². The molecule has 0 bridgehead atoms. The minimum absolute atomic E-state index is 0.00155. The summed E-state index contributed by atoms with van der Waals surface area (Å²) in [6, 6.07) is 10.1. The number of carbonyl (C=O) groups is 9. The van der Waals surface area contributed by atoms with Crippen LogP contribution in [0.1, 0.15) is 85.0 Å². The van der Waals surface area contributed by atoms with Crippen LogP contribution >= 0.6 is 12.2 Å². The molecule has 80 heavy (non-hydrogen) atoms. The number of amides is 8. The molecule has 25 heteroatoms. The van der Waals surface area contributed by atoms with Crippen LogP contribution in [0, 0.1) is 35.1 Å². The van der Waals surface area contributed by atoms with Crippen LogP contribution in [0.15, 0.2) is 42.5 Å². The lowest BCUT2D eigenvalue weighted by Crippen LogP contribution is -2.52. The summed E-state index contributed by atoms with van der Waals surface area (Å²) in [5, 5.41) is 27.6. The van der Waals surface area contributed by atoms with Crippen molar-refractivity contribution >= 4 is 76.3 Å². The lowest BCUT2D eigenvalue weighted by Gasteiger charge is -2.32. The zero-order valence-corrected chi connectivity index (χ0v) is 45.3. The number of nitrogens with one attached hydrogen (secondary N) is 6. The van der Waals surface area contributed by atoms with Crippen LogP contribution in [0.25, 0.3) is 22.3 Å². The van der Waals surface area contributed by atoms with Crippen molar-refractivity contribution < 1.29 is 71.6 Å². The third kappa shape index (κ3) is 11.8. The maximum absolute atomic E-state index is 15.4. The van der Waals surface area contributed by atoms with Gasteiger partial charge in [-0.05, 0) is 60.4 Å². The monoisotopic (exact) mass is 1120 g/mol. The van der Waals surface area contributed by atoms with E-state index in [2.05, 4.69) is 31.9 Å². The number of carbonyl (C=O) groups excluding carboxylic acids is 9. The van der Waals surface area contributed by atoms with Crippen molar-refractivity contribution in [2.45, 2.75) is 96.9 Å². The number of imide groups is 1. The molecule has 0 saturated carbocycles. The first-order valence-corrected chi connectivity index (χ1v) is 26.8. The number of likely N-dealkylation sites (tertiary alicyclic amines) is 1. The number of aliphatic hydroxyl groups is 1. The largest absolute Gasteiger partial charge is 0.458 e. The molecule has 4 atom stereocenters. The second-order valence-electron chi connectivity index (χ2n) is 20.8. The maximum atomic E-state index is 15.4.